The van der Waals surface area contributed by atoms with Crippen LogP contribution in [0.25, 0.3) is 11.1 Å². The molecule has 1 N–H and O–H groups in total. The first kappa shape index (κ1) is 27.9. The highest BCUT2D eigenvalue weighted by Crippen LogP contribution is 2.51. The second-order valence-electron chi connectivity index (χ2n) is 9.23. The van der Waals surface area contributed by atoms with Gasteiger partial charge in [0.1, 0.15) is 5.75 Å². The Balaban J connectivity index is 1.44. The summed E-state index contributed by atoms with van der Waals surface area (Å²) in [6.07, 6.45) is -8.37. The van der Waals surface area contributed by atoms with E-state index in [0.29, 0.717) is 29.8 Å². The Labute approximate surface area is 216 Å². The normalized spacial score (nSPS) is 16.0. The standard InChI is InChI=1S/C27H27F6N3O2/c1-38-24-16-22(25(37,26(28,29)30)27(31,32)33)6-7-23(24)21-4-2-19(3-5-21)17-35-12-14-36(15-13-35)18-20-8-10-34-11-9-20/h2-11,16,37H,12-15,17-18H2,1H3. The van der Waals surface area contributed by atoms with Crippen LogP contribution in [-0.2, 0) is 18.7 Å². The lowest BCUT2D eigenvalue weighted by atomic mass is 9.90. The van der Waals surface area contributed by atoms with Crippen LogP contribution in [0.3, 0.4) is 0 Å². The number of halogens is 6. The maximum atomic E-state index is 13.3. The summed E-state index contributed by atoms with van der Waals surface area (Å²) in [5.74, 6) is -0.215. The van der Waals surface area contributed by atoms with E-state index < -0.39 is 23.5 Å². The van der Waals surface area contributed by atoms with Gasteiger partial charge >= 0.3 is 12.4 Å². The van der Waals surface area contributed by atoms with Crippen molar-refractivity contribution >= 4 is 0 Å². The Morgan fingerprint density at radius 1 is 0.763 bits per heavy atom. The first-order valence-corrected chi connectivity index (χ1v) is 11.9. The molecular formula is C27H27F6N3O2. The SMILES string of the molecule is COc1cc(C(O)(C(F)(F)F)C(F)(F)F)ccc1-c1ccc(CN2CCN(Cc3ccncc3)CC2)cc1. The Kier molecular flexibility index (Phi) is 8.01. The summed E-state index contributed by atoms with van der Waals surface area (Å²) in [5, 5.41) is 9.70. The number of rotatable bonds is 7. The molecule has 2 aromatic carbocycles. The number of methoxy groups -OCH3 is 1. The minimum atomic E-state index is -5.97. The van der Waals surface area contributed by atoms with Crippen molar-refractivity contribution < 1.29 is 36.2 Å². The lowest BCUT2D eigenvalue weighted by Gasteiger charge is -2.34. The van der Waals surface area contributed by atoms with Gasteiger partial charge in [-0.15, -0.1) is 0 Å². The van der Waals surface area contributed by atoms with Crippen molar-refractivity contribution in [2.24, 2.45) is 0 Å². The molecule has 0 spiro atoms. The Morgan fingerprint density at radius 2 is 1.26 bits per heavy atom. The predicted molar refractivity (Wildman–Crippen MR) is 129 cm³/mol. The van der Waals surface area contributed by atoms with Gasteiger partial charge in [-0.25, -0.2) is 0 Å². The molecule has 4 rings (SSSR count). The van der Waals surface area contributed by atoms with Gasteiger partial charge in [0.2, 0.25) is 0 Å². The minimum absolute atomic E-state index is 0.215. The summed E-state index contributed by atoms with van der Waals surface area (Å²) in [4.78, 5) is 8.74. The number of piperazine rings is 1. The highest BCUT2D eigenvalue weighted by atomic mass is 19.4. The highest BCUT2D eigenvalue weighted by Gasteiger charge is 2.71. The molecule has 1 aliphatic rings. The van der Waals surface area contributed by atoms with Crippen molar-refractivity contribution in [1.82, 2.24) is 14.8 Å². The lowest BCUT2D eigenvalue weighted by molar-refractivity contribution is -0.376. The molecule has 0 saturated carbocycles. The predicted octanol–water partition coefficient (Wildman–Crippen LogP) is 5.39. The molecule has 11 heteroatoms. The summed E-state index contributed by atoms with van der Waals surface area (Å²) in [6.45, 7) is 5.21. The van der Waals surface area contributed by atoms with Crippen LogP contribution in [-0.4, -0.2) is 65.5 Å². The number of benzene rings is 2. The zero-order chi connectivity index (χ0) is 27.6. The number of hydrogen-bond donors (Lipinski definition) is 1. The van der Waals surface area contributed by atoms with Crippen molar-refractivity contribution in [3.63, 3.8) is 0 Å². The fraction of sp³-hybridized carbons (Fsp3) is 0.370. The monoisotopic (exact) mass is 539 g/mol. The number of aliphatic hydroxyl groups is 1. The van der Waals surface area contributed by atoms with E-state index in [0.717, 1.165) is 51.5 Å². The topological polar surface area (TPSA) is 48.8 Å². The molecule has 1 saturated heterocycles. The molecule has 3 aromatic rings. The third-order valence-corrected chi connectivity index (χ3v) is 6.73. The summed E-state index contributed by atoms with van der Waals surface area (Å²) in [7, 11) is 1.14. The summed E-state index contributed by atoms with van der Waals surface area (Å²) < 4.78 is 84.8. The average Bonchev–Trinajstić information content (AvgIpc) is 2.89. The Hall–Kier alpha value is -3.15. The van der Waals surface area contributed by atoms with Gasteiger partial charge in [-0.05, 0) is 34.9 Å². The van der Waals surface area contributed by atoms with E-state index in [-0.39, 0.29) is 5.75 Å². The first-order valence-electron chi connectivity index (χ1n) is 11.9. The molecular weight excluding hydrogens is 512 g/mol. The zero-order valence-electron chi connectivity index (χ0n) is 20.6. The van der Waals surface area contributed by atoms with Crippen LogP contribution in [0.4, 0.5) is 26.3 Å². The molecule has 0 amide bonds. The number of pyridine rings is 1. The molecule has 0 aliphatic carbocycles. The minimum Gasteiger partial charge on any atom is -0.496 e. The molecule has 0 radical (unpaired) electrons. The van der Waals surface area contributed by atoms with E-state index in [1.54, 1.807) is 24.5 Å². The number of aromatic nitrogens is 1. The molecule has 5 nitrogen and oxygen atoms in total. The quantitative estimate of drug-likeness (QED) is 0.409. The molecule has 0 unspecified atom stereocenters. The Morgan fingerprint density at radius 3 is 1.74 bits per heavy atom. The first-order chi connectivity index (χ1) is 17.9. The third-order valence-electron chi connectivity index (χ3n) is 6.73. The maximum Gasteiger partial charge on any atom is 0.430 e. The van der Waals surface area contributed by atoms with E-state index in [4.69, 9.17) is 4.74 Å². The number of nitrogens with zero attached hydrogens (tertiary/aromatic N) is 3. The molecule has 38 heavy (non-hydrogen) atoms. The van der Waals surface area contributed by atoms with Crippen LogP contribution in [0.2, 0.25) is 0 Å². The van der Waals surface area contributed by atoms with Gasteiger partial charge in [-0.1, -0.05) is 36.4 Å². The van der Waals surface area contributed by atoms with Crippen LogP contribution < -0.4 is 4.74 Å². The molecule has 1 fully saturated rings. The smallest absolute Gasteiger partial charge is 0.430 e. The fourth-order valence-electron chi connectivity index (χ4n) is 4.54. The largest absolute Gasteiger partial charge is 0.496 e. The summed E-state index contributed by atoms with van der Waals surface area (Å²) in [5.41, 5.74) is -3.28. The Bertz CT molecular complexity index is 1190. The van der Waals surface area contributed by atoms with Crippen LogP contribution >= 0.6 is 0 Å². The van der Waals surface area contributed by atoms with Gasteiger partial charge in [-0.3, -0.25) is 14.8 Å². The van der Waals surface area contributed by atoms with Crippen molar-refractivity contribution in [3.8, 4) is 16.9 Å². The van der Waals surface area contributed by atoms with E-state index in [2.05, 4.69) is 14.8 Å². The van der Waals surface area contributed by atoms with Crippen LogP contribution in [0, 0.1) is 0 Å². The van der Waals surface area contributed by atoms with Gasteiger partial charge in [0, 0.05) is 62.8 Å². The van der Waals surface area contributed by atoms with Crippen LogP contribution in [0.5, 0.6) is 5.75 Å². The molecule has 0 bridgehead atoms. The zero-order valence-corrected chi connectivity index (χ0v) is 20.6. The number of hydrogen-bond acceptors (Lipinski definition) is 5. The van der Waals surface area contributed by atoms with E-state index >= 15 is 0 Å². The van der Waals surface area contributed by atoms with Crippen LogP contribution in [0.1, 0.15) is 16.7 Å². The average molecular weight is 540 g/mol. The van der Waals surface area contributed by atoms with Gasteiger partial charge in [0.05, 0.1) is 7.11 Å². The van der Waals surface area contributed by atoms with Gasteiger partial charge in [0.15, 0.2) is 0 Å². The van der Waals surface area contributed by atoms with Crippen molar-refractivity contribution in [3.05, 3.63) is 83.7 Å². The van der Waals surface area contributed by atoms with Gasteiger partial charge < -0.3 is 9.84 Å². The van der Waals surface area contributed by atoms with Crippen molar-refractivity contribution in [2.45, 2.75) is 31.0 Å². The van der Waals surface area contributed by atoms with Gasteiger partial charge in [0.25, 0.3) is 5.60 Å². The number of ether oxygens (including phenoxy) is 1. The van der Waals surface area contributed by atoms with E-state index in [1.807, 2.05) is 24.3 Å². The lowest BCUT2D eigenvalue weighted by Crippen LogP contribution is -2.53. The second kappa shape index (κ2) is 10.9. The maximum absolute atomic E-state index is 13.3. The van der Waals surface area contributed by atoms with Crippen molar-refractivity contribution in [2.75, 3.05) is 33.3 Å². The molecule has 2 heterocycles. The third kappa shape index (κ3) is 5.79. The molecule has 1 aliphatic heterocycles. The fourth-order valence-corrected chi connectivity index (χ4v) is 4.54. The van der Waals surface area contributed by atoms with E-state index in [9.17, 15) is 31.4 Å². The number of alkyl halides is 6. The molecule has 0 atom stereocenters. The van der Waals surface area contributed by atoms with Crippen LogP contribution in [0.15, 0.2) is 67.0 Å². The van der Waals surface area contributed by atoms with E-state index in [1.165, 1.54) is 5.56 Å². The molecule has 1 aromatic heterocycles. The summed E-state index contributed by atoms with van der Waals surface area (Å²) >= 11 is 0. The highest BCUT2D eigenvalue weighted by molar-refractivity contribution is 5.71. The second-order valence-corrected chi connectivity index (χ2v) is 9.23. The summed E-state index contributed by atoms with van der Waals surface area (Å²) in [6, 6.07) is 13.5. The molecule has 204 valence electrons. The van der Waals surface area contributed by atoms with Crippen molar-refractivity contribution in [1.29, 1.82) is 0 Å². The van der Waals surface area contributed by atoms with Gasteiger partial charge in [-0.2, -0.15) is 26.3 Å².